The van der Waals surface area contributed by atoms with Gasteiger partial charge in [0.05, 0.1) is 12.8 Å². The number of nitrogens with zero attached hydrogens (tertiary/aromatic N) is 3. The van der Waals surface area contributed by atoms with Crippen LogP contribution in [0.1, 0.15) is 23.0 Å². The Morgan fingerprint density at radius 1 is 1.03 bits per heavy atom. The number of aromatic nitrogens is 1. The molecule has 2 amide bonds. The van der Waals surface area contributed by atoms with Crippen LogP contribution in [-0.2, 0) is 11.3 Å². The molecule has 8 heteroatoms. The second-order valence-corrected chi connectivity index (χ2v) is 8.56. The van der Waals surface area contributed by atoms with Crippen molar-refractivity contribution in [1.82, 2.24) is 14.8 Å². The second kappa shape index (κ2) is 9.93. The number of methoxy groups -OCH3 is 1. The van der Waals surface area contributed by atoms with E-state index in [1.165, 1.54) is 6.92 Å². The highest BCUT2D eigenvalue weighted by atomic mass is 32.1. The fraction of sp³-hybridized carbons (Fsp3) is 0.292. The van der Waals surface area contributed by atoms with Gasteiger partial charge in [-0.05, 0) is 48.5 Å². The molecule has 7 nitrogen and oxygen atoms in total. The van der Waals surface area contributed by atoms with Gasteiger partial charge in [0.15, 0.2) is 0 Å². The predicted molar refractivity (Wildman–Crippen MR) is 126 cm³/mol. The number of rotatable bonds is 6. The Morgan fingerprint density at radius 2 is 1.72 bits per heavy atom. The molecule has 1 aliphatic heterocycles. The van der Waals surface area contributed by atoms with Gasteiger partial charge in [0.1, 0.15) is 10.8 Å². The molecule has 0 saturated carbocycles. The first-order valence-corrected chi connectivity index (χ1v) is 11.4. The molecule has 166 valence electrons. The Labute approximate surface area is 191 Å². The summed E-state index contributed by atoms with van der Waals surface area (Å²) >= 11 is 1.64. The number of anilines is 1. The molecule has 0 aliphatic carbocycles. The number of amides is 2. The molecule has 32 heavy (non-hydrogen) atoms. The average Bonchev–Trinajstić information content (AvgIpc) is 3.28. The summed E-state index contributed by atoms with van der Waals surface area (Å²) in [6, 6.07) is 15.0. The minimum atomic E-state index is -0.128. The zero-order chi connectivity index (χ0) is 22.5. The van der Waals surface area contributed by atoms with E-state index in [1.807, 2.05) is 29.2 Å². The molecule has 2 heterocycles. The number of hydrogen-bond acceptors (Lipinski definition) is 6. The molecule has 1 aliphatic rings. The number of carbonyl (C=O) groups is 2. The second-order valence-electron chi connectivity index (χ2n) is 7.70. The van der Waals surface area contributed by atoms with Crippen molar-refractivity contribution in [3.8, 4) is 16.3 Å². The molecule has 0 bridgehead atoms. The number of ether oxygens (including phenoxy) is 1. The molecule has 2 aromatic carbocycles. The third-order valence-corrected chi connectivity index (χ3v) is 6.33. The van der Waals surface area contributed by atoms with Crippen LogP contribution in [0.3, 0.4) is 0 Å². The lowest BCUT2D eigenvalue weighted by Crippen LogP contribution is -2.48. The number of thiazole rings is 1. The van der Waals surface area contributed by atoms with Crippen molar-refractivity contribution >= 4 is 28.8 Å². The Morgan fingerprint density at radius 3 is 2.34 bits per heavy atom. The van der Waals surface area contributed by atoms with Crippen molar-refractivity contribution < 1.29 is 14.3 Å². The van der Waals surface area contributed by atoms with Gasteiger partial charge in [-0.3, -0.25) is 14.5 Å². The molecule has 1 aromatic heterocycles. The van der Waals surface area contributed by atoms with Crippen molar-refractivity contribution in [3.05, 3.63) is 65.2 Å². The van der Waals surface area contributed by atoms with Gasteiger partial charge >= 0.3 is 0 Å². The van der Waals surface area contributed by atoms with Crippen LogP contribution in [-0.4, -0.2) is 59.9 Å². The third-order valence-electron chi connectivity index (χ3n) is 5.39. The maximum absolute atomic E-state index is 12.8. The van der Waals surface area contributed by atoms with Crippen LogP contribution >= 0.6 is 11.3 Å². The summed E-state index contributed by atoms with van der Waals surface area (Å²) in [6.07, 6.45) is 0. The van der Waals surface area contributed by atoms with Crippen LogP contribution in [0.5, 0.6) is 5.75 Å². The van der Waals surface area contributed by atoms with Crippen LogP contribution in [0.25, 0.3) is 10.6 Å². The first-order valence-electron chi connectivity index (χ1n) is 10.5. The Kier molecular flexibility index (Phi) is 6.82. The lowest BCUT2D eigenvalue weighted by atomic mass is 10.1. The SMILES string of the molecule is COc1ccc(-c2nc(CN3CCN(C(=O)c4ccc(NC(C)=O)cc4)CC3)cs2)cc1. The summed E-state index contributed by atoms with van der Waals surface area (Å²) in [4.78, 5) is 32.9. The summed E-state index contributed by atoms with van der Waals surface area (Å²) in [6.45, 7) is 5.23. The normalized spacial score (nSPS) is 14.2. The Bertz CT molecular complexity index is 1070. The fourth-order valence-electron chi connectivity index (χ4n) is 3.67. The number of nitrogens with one attached hydrogen (secondary N) is 1. The van der Waals surface area contributed by atoms with Crippen molar-refractivity contribution in [3.63, 3.8) is 0 Å². The summed E-state index contributed by atoms with van der Waals surface area (Å²) in [5, 5.41) is 5.82. The first kappa shape index (κ1) is 22.0. The van der Waals surface area contributed by atoms with E-state index in [-0.39, 0.29) is 11.8 Å². The molecular formula is C24H26N4O3S. The van der Waals surface area contributed by atoms with Crippen LogP contribution in [0.2, 0.25) is 0 Å². The highest BCUT2D eigenvalue weighted by Crippen LogP contribution is 2.26. The Balaban J connectivity index is 1.29. The largest absolute Gasteiger partial charge is 0.497 e. The number of benzene rings is 2. The van der Waals surface area contributed by atoms with Gasteiger partial charge in [-0.2, -0.15) is 0 Å². The predicted octanol–water partition coefficient (Wildman–Crippen LogP) is 3.74. The van der Waals surface area contributed by atoms with Crippen molar-refractivity contribution in [2.24, 2.45) is 0 Å². The van der Waals surface area contributed by atoms with E-state index >= 15 is 0 Å². The monoisotopic (exact) mass is 450 g/mol. The molecule has 0 radical (unpaired) electrons. The molecule has 1 N–H and O–H groups in total. The summed E-state index contributed by atoms with van der Waals surface area (Å²) in [5.41, 5.74) is 3.46. The van der Waals surface area contributed by atoms with Gasteiger partial charge in [-0.1, -0.05) is 0 Å². The van der Waals surface area contributed by atoms with Crippen LogP contribution in [0, 0.1) is 0 Å². The van der Waals surface area contributed by atoms with Gasteiger partial charge < -0.3 is 15.0 Å². The van der Waals surface area contributed by atoms with E-state index < -0.39 is 0 Å². The summed E-state index contributed by atoms with van der Waals surface area (Å²) in [7, 11) is 1.66. The minimum Gasteiger partial charge on any atom is -0.497 e. The number of carbonyl (C=O) groups excluding carboxylic acids is 2. The number of hydrogen-bond donors (Lipinski definition) is 1. The van der Waals surface area contributed by atoms with E-state index in [9.17, 15) is 9.59 Å². The zero-order valence-electron chi connectivity index (χ0n) is 18.2. The van der Waals surface area contributed by atoms with Gasteiger partial charge in [0, 0.05) is 61.8 Å². The van der Waals surface area contributed by atoms with E-state index in [1.54, 1.807) is 42.7 Å². The highest BCUT2D eigenvalue weighted by Gasteiger charge is 2.22. The van der Waals surface area contributed by atoms with Crippen LogP contribution in [0.15, 0.2) is 53.9 Å². The molecular weight excluding hydrogens is 424 g/mol. The number of piperazine rings is 1. The van der Waals surface area contributed by atoms with E-state index in [0.717, 1.165) is 41.6 Å². The van der Waals surface area contributed by atoms with Crippen molar-refractivity contribution in [1.29, 1.82) is 0 Å². The maximum atomic E-state index is 12.8. The molecule has 1 fully saturated rings. The first-order chi connectivity index (χ1) is 15.5. The maximum Gasteiger partial charge on any atom is 0.253 e. The molecule has 0 spiro atoms. The van der Waals surface area contributed by atoms with E-state index in [2.05, 4.69) is 15.6 Å². The molecule has 1 saturated heterocycles. The van der Waals surface area contributed by atoms with E-state index in [4.69, 9.17) is 9.72 Å². The Hall–Kier alpha value is -3.23. The standard InChI is InChI=1S/C24H26N4O3S/c1-17(29)25-20-7-3-19(4-8-20)24(30)28-13-11-27(12-14-28)15-21-16-32-23(26-21)18-5-9-22(31-2)10-6-18/h3-10,16H,11-15H2,1-2H3,(H,25,29). The lowest BCUT2D eigenvalue weighted by Gasteiger charge is -2.34. The van der Waals surface area contributed by atoms with Crippen molar-refractivity contribution in [2.75, 3.05) is 38.6 Å². The summed E-state index contributed by atoms with van der Waals surface area (Å²) in [5.74, 6) is 0.729. The quantitative estimate of drug-likeness (QED) is 0.619. The lowest BCUT2D eigenvalue weighted by molar-refractivity contribution is -0.114. The van der Waals surface area contributed by atoms with Crippen LogP contribution in [0.4, 0.5) is 5.69 Å². The summed E-state index contributed by atoms with van der Waals surface area (Å²) < 4.78 is 5.22. The van der Waals surface area contributed by atoms with E-state index in [0.29, 0.717) is 24.3 Å². The third kappa shape index (κ3) is 5.33. The highest BCUT2D eigenvalue weighted by molar-refractivity contribution is 7.13. The topological polar surface area (TPSA) is 74.8 Å². The van der Waals surface area contributed by atoms with Gasteiger partial charge in [0.2, 0.25) is 5.91 Å². The fourth-order valence-corrected chi connectivity index (χ4v) is 4.48. The molecule has 0 unspecified atom stereocenters. The van der Waals surface area contributed by atoms with Crippen LogP contribution < -0.4 is 10.1 Å². The molecule has 4 rings (SSSR count). The minimum absolute atomic E-state index is 0.0227. The van der Waals surface area contributed by atoms with Gasteiger partial charge in [0.25, 0.3) is 5.91 Å². The average molecular weight is 451 g/mol. The van der Waals surface area contributed by atoms with Crippen molar-refractivity contribution in [2.45, 2.75) is 13.5 Å². The zero-order valence-corrected chi connectivity index (χ0v) is 19.0. The van der Waals surface area contributed by atoms with Gasteiger partial charge in [-0.15, -0.1) is 11.3 Å². The molecule has 3 aromatic rings. The molecule has 0 atom stereocenters. The van der Waals surface area contributed by atoms with Gasteiger partial charge in [-0.25, -0.2) is 4.98 Å². The smallest absolute Gasteiger partial charge is 0.253 e.